The average molecular weight is 457 g/mol. The maximum atomic E-state index is 5.98. The third kappa shape index (κ3) is 4.43. The van der Waals surface area contributed by atoms with Crippen LogP contribution in [0.3, 0.4) is 0 Å². The first kappa shape index (κ1) is 22.1. The first-order valence-corrected chi connectivity index (χ1v) is 10.5. The minimum atomic E-state index is -0.0818. The average Bonchev–Trinajstić information content (AvgIpc) is 3.39. The molecule has 0 N–H and O–H groups in total. The molecule has 0 bridgehead atoms. The SMILES string of the molecule is Cn1cc(-c2cnc3c(nnn3C[C@@H]3CN(c4ncc(N5C[CH-]C5)cn4)CCO3)n2)cn1.[HH].[Na+]. The number of hydrogen-bond donors (Lipinski definition) is 0. The summed E-state index contributed by atoms with van der Waals surface area (Å²) >= 11 is 0. The van der Waals surface area contributed by atoms with Gasteiger partial charge < -0.3 is 14.5 Å². The molecule has 166 valence electrons. The molecular formula is C20H24N11NaO. The molecule has 0 spiro atoms. The van der Waals surface area contributed by atoms with Gasteiger partial charge in [0.1, 0.15) is 0 Å². The van der Waals surface area contributed by atoms with E-state index in [0.29, 0.717) is 31.0 Å². The molecule has 33 heavy (non-hydrogen) atoms. The fraction of sp³-hybridized carbons (Fsp3) is 0.400. The van der Waals surface area contributed by atoms with Crippen molar-refractivity contribution >= 4 is 22.9 Å². The maximum absolute atomic E-state index is 5.98. The van der Waals surface area contributed by atoms with Crippen molar-refractivity contribution in [3.8, 4) is 11.3 Å². The van der Waals surface area contributed by atoms with Gasteiger partial charge in [-0.2, -0.15) is 5.10 Å². The third-order valence-electron chi connectivity index (χ3n) is 5.71. The molecule has 2 saturated heterocycles. The van der Waals surface area contributed by atoms with E-state index in [2.05, 4.69) is 51.6 Å². The van der Waals surface area contributed by atoms with Gasteiger partial charge in [-0.25, -0.2) is 24.6 Å². The Kier molecular flexibility index (Phi) is 6.23. The zero-order chi connectivity index (χ0) is 21.5. The van der Waals surface area contributed by atoms with Gasteiger partial charge in [0.05, 0.1) is 55.4 Å². The van der Waals surface area contributed by atoms with E-state index in [0.717, 1.165) is 42.5 Å². The molecule has 12 nitrogen and oxygen atoms in total. The Labute approximate surface area is 213 Å². The van der Waals surface area contributed by atoms with Gasteiger partial charge in [-0.15, -0.1) is 18.2 Å². The van der Waals surface area contributed by atoms with E-state index < -0.39 is 0 Å². The summed E-state index contributed by atoms with van der Waals surface area (Å²) in [5.41, 5.74) is 3.79. The van der Waals surface area contributed by atoms with Crippen LogP contribution < -0.4 is 39.4 Å². The molecule has 4 aromatic rings. The van der Waals surface area contributed by atoms with E-state index in [-0.39, 0.29) is 37.1 Å². The van der Waals surface area contributed by atoms with E-state index in [4.69, 9.17) is 4.74 Å². The van der Waals surface area contributed by atoms with E-state index in [1.807, 2.05) is 25.6 Å². The molecule has 0 amide bonds. The number of anilines is 2. The second kappa shape index (κ2) is 9.29. The molecular weight excluding hydrogens is 433 g/mol. The fourth-order valence-corrected chi connectivity index (χ4v) is 3.89. The van der Waals surface area contributed by atoms with E-state index in [1.165, 1.54) is 0 Å². The molecule has 13 heteroatoms. The maximum Gasteiger partial charge on any atom is 1.00 e. The van der Waals surface area contributed by atoms with Gasteiger partial charge in [0, 0.05) is 33.3 Å². The number of nitrogens with zero attached hydrogens (tertiary/aromatic N) is 11. The number of fused-ring (bicyclic) bond motifs is 1. The van der Waals surface area contributed by atoms with Crippen molar-refractivity contribution in [1.29, 1.82) is 0 Å². The second-order valence-corrected chi connectivity index (χ2v) is 7.95. The Morgan fingerprint density at radius 2 is 1.97 bits per heavy atom. The van der Waals surface area contributed by atoms with Crippen LogP contribution in [0.5, 0.6) is 0 Å². The predicted molar refractivity (Wildman–Crippen MR) is 118 cm³/mol. The molecule has 2 aliphatic rings. The van der Waals surface area contributed by atoms with Crippen LogP contribution in [0.2, 0.25) is 0 Å². The monoisotopic (exact) mass is 457 g/mol. The van der Waals surface area contributed by atoms with Crippen LogP contribution in [0, 0.1) is 6.42 Å². The summed E-state index contributed by atoms with van der Waals surface area (Å²) in [5, 5.41) is 12.6. The van der Waals surface area contributed by atoms with Gasteiger partial charge in [-0.05, 0) is 0 Å². The smallest absolute Gasteiger partial charge is 0.429 e. The molecule has 0 radical (unpaired) electrons. The number of rotatable bonds is 5. The van der Waals surface area contributed by atoms with Crippen LogP contribution in [0.15, 0.2) is 31.0 Å². The zero-order valence-corrected chi connectivity index (χ0v) is 20.6. The molecule has 4 aromatic heterocycles. The number of hydrogen-bond acceptors (Lipinski definition) is 10. The van der Waals surface area contributed by atoms with Crippen LogP contribution in [-0.2, 0) is 18.3 Å². The van der Waals surface area contributed by atoms with Crippen molar-refractivity contribution in [1.82, 2.24) is 44.7 Å². The quantitative estimate of drug-likeness (QED) is 0.237. The van der Waals surface area contributed by atoms with E-state index in [9.17, 15) is 0 Å². The van der Waals surface area contributed by atoms with Crippen molar-refractivity contribution in [2.24, 2.45) is 7.05 Å². The molecule has 6 heterocycles. The van der Waals surface area contributed by atoms with Crippen LogP contribution in [-0.4, -0.2) is 83.6 Å². The standard InChI is InChI=1S/C20H22N11O.Na.H2/c1-28-11-14(7-24-28)17-10-21-19-18(25-17)26-27-31(19)13-16-12-30(5-6-32-16)20-22-8-15(9-23-20)29-3-2-4-29;;/h2,7-11,16H,3-6,12-13H2,1H3;;1H/q-1;+1;/t16-;;/m0../s1. The minimum absolute atomic E-state index is 0. The third-order valence-corrected chi connectivity index (χ3v) is 5.71. The Hall–Kier alpha value is -2.67. The first-order chi connectivity index (χ1) is 15.7. The van der Waals surface area contributed by atoms with Gasteiger partial charge in [0.2, 0.25) is 11.6 Å². The summed E-state index contributed by atoms with van der Waals surface area (Å²) in [6.45, 7) is 4.46. The van der Waals surface area contributed by atoms with Crippen LogP contribution in [0.25, 0.3) is 22.6 Å². The van der Waals surface area contributed by atoms with Gasteiger partial charge >= 0.3 is 29.6 Å². The summed E-state index contributed by atoms with van der Waals surface area (Å²) in [6.07, 6.45) is 11.3. The molecule has 6 rings (SSSR count). The molecule has 0 aromatic carbocycles. The normalized spacial score (nSPS) is 18.3. The Morgan fingerprint density at radius 1 is 1.12 bits per heavy atom. The van der Waals surface area contributed by atoms with Crippen molar-refractivity contribution in [2.45, 2.75) is 12.6 Å². The van der Waals surface area contributed by atoms with E-state index >= 15 is 0 Å². The van der Waals surface area contributed by atoms with Crippen LogP contribution in [0.4, 0.5) is 11.6 Å². The molecule has 2 aliphatic heterocycles. The first-order valence-electron chi connectivity index (χ1n) is 10.5. The molecule has 0 unspecified atom stereocenters. The topological polar surface area (TPSA) is 116 Å². The molecule has 0 saturated carbocycles. The fourth-order valence-electron chi connectivity index (χ4n) is 3.89. The number of morpholine rings is 1. The van der Waals surface area contributed by atoms with Crippen molar-refractivity contribution in [2.75, 3.05) is 42.6 Å². The predicted octanol–water partition coefficient (Wildman–Crippen LogP) is -2.41. The van der Waals surface area contributed by atoms with Crippen molar-refractivity contribution < 1.29 is 35.7 Å². The largest absolute Gasteiger partial charge is 1.00 e. The van der Waals surface area contributed by atoms with Crippen LogP contribution in [0.1, 0.15) is 1.43 Å². The Bertz CT molecular complexity index is 1240. The zero-order valence-electron chi connectivity index (χ0n) is 18.6. The van der Waals surface area contributed by atoms with Gasteiger partial charge in [-0.3, -0.25) is 11.1 Å². The van der Waals surface area contributed by atoms with Gasteiger partial charge in [0.15, 0.2) is 5.65 Å². The molecule has 2 fully saturated rings. The summed E-state index contributed by atoms with van der Waals surface area (Å²) in [4.78, 5) is 22.6. The summed E-state index contributed by atoms with van der Waals surface area (Å²) in [7, 11) is 1.86. The van der Waals surface area contributed by atoms with Crippen molar-refractivity contribution in [3.05, 3.63) is 37.4 Å². The van der Waals surface area contributed by atoms with Crippen molar-refractivity contribution in [3.63, 3.8) is 0 Å². The summed E-state index contributed by atoms with van der Waals surface area (Å²) in [6, 6.07) is 0. The van der Waals surface area contributed by atoms with Gasteiger partial charge in [0.25, 0.3) is 0 Å². The molecule has 1 atom stereocenters. The van der Waals surface area contributed by atoms with Gasteiger partial charge in [-0.1, -0.05) is 5.21 Å². The summed E-state index contributed by atoms with van der Waals surface area (Å²) < 4.78 is 9.45. The Balaban J connectivity index is 0.00000137. The number of ether oxygens (including phenoxy) is 1. The van der Waals surface area contributed by atoms with Crippen LogP contribution >= 0.6 is 0 Å². The minimum Gasteiger partial charge on any atom is -0.429 e. The summed E-state index contributed by atoms with van der Waals surface area (Å²) in [5.74, 6) is 0.718. The number of aromatic nitrogens is 9. The molecule has 0 aliphatic carbocycles. The second-order valence-electron chi connectivity index (χ2n) is 7.95. The Morgan fingerprint density at radius 3 is 2.70 bits per heavy atom. The van der Waals surface area contributed by atoms with E-state index in [1.54, 1.807) is 21.8 Å². The number of aryl methyl sites for hydroxylation is 1.